The molecule has 1 atom stereocenters. The number of benzene rings is 2. The molecule has 0 saturated heterocycles. The molecule has 2 aromatic carbocycles. The standard InChI is InChI=1S/C23H26/c1-3-16(2)6-4-7-17-14-20-12-10-18-8-5-9-19-11-13-21(15-17)23(20)22(18)19/h5,8,10-13,15-16H,3-4,6-7,9,14H2,1-2H3. The molecule has 1 unspecified atom stereocenters. The van der Waals surface area contributed by atoms with Crippen LogP contribution >= 0.6 is 0 Å². The highest BCUT2D eigenvalue weighted by Gasteiger charge is 2.18. The third-order valence-corrected chi connectivity index (χ3v) is 5.70. The first-order valence-electron chi connectivity index (χ1n) is 9.19. The van der Waals surface area contributed by atoms with Gasteiger partial charge < -0.3 is 0 Å². The third-order valence-electron chi connectivity index (χ3n) is 5.70. The van der Waals surface area contributed by atoms with Crippen LogP contribution in [-0.2, 0) is 12.8 Å². The normalized spacial score (nSPS) is 16.5. The Bertz CT molecular complexity index is 804. The smallest absolute Gasteiger partial charge is 0.00574 e. The van der Waals surface area contributed by atoms with Crippen molar-refractivity contribution in [3.05, 3.63) is 58.2 Å². The lowest BCUT2D eigenvalue weighted by atomic mass is 9.82. The summed E-state index contributed by atoms with van der Waals surface area (Å²) in [5.74, 6) is 0.865. The topological polar surface area (TPSA) is 0 Å². The Kier molecular flexibility index (Phi) is 3.85. The average molecular weight is 302 g/mol. The van der Waals surface area contributed by atoms with Crippen molar-refractivity contribution in [1.29, 1.82) is 0 Å². The van der Waals surface area contributed by atoms with Crippen LogP contribution in [0, 0.1) is 5.92 Å². The quantitative estimate of drug-likeness (QED) is 0.586. The summed E-state index contributed by atoms with van der Waals surface area (Å²) in [6.07, 6.45) is 14.5. The molecule has 0 heterocycles. The second-order valence-electron chi connectivity index (χ2n) is 7.37. The van der Waals surface area contributed by atoms with Gasteiger partial charge in [0.1, 0.15) is 0 Å². The third kappa shape index (κ3) is 2.65. The highest BCUT2D eigenvalue weighted by molar-refractivity contribution is 6.03. The minimum Gasteiger partial charge on any atom is -0.0795 e. The van der Waals surface area contributed by atoms with Gasteiger partial charge in [-0.15, -0.1) is 0 Å². The first-order valence-corrected chi connectivity index (χ1v) is 9.19. The molecular weight excluding hydrogens is 276 g/mol. The second kappa shape index (κ2) is 6.00. The van der Waals surface area contributed by atoms with Crippen LogP contribution in [0.1, 0.15) is 61.8 Å². The van der Waals surface area contributed by atoms with Gasteiger partial charge in [-0.1, -0.05) is 74.8 Å². The molecule has 0 heteroatoms. The van der Waals surface area contributed by atoms with E-state index in [1.165, 1.54) is 58.7 Å². The lowest BCUT2D eigenvalue weighted by Gasteiger charge is -2.22. The molecule has 23 heavy (non-hydrogen) atoms. The zero-order valence-corrected chi connectivity index (χ0v) is 14.4. The monoisotopic (exact) mass is 302 g/mol. The van der Waals surface area contributed by atoms with Crippen molar-refractivity contribution in [1.82, 2.24) is 0 Å². The van der Waals surface area contributed by atoms with Gasteiger partial charge in [0.25, 0.3) is 0 Å². The van der Waals surface area contributed by atoms with Crippen molar-refractivity contribution in [2.45, 2.75) is 52.4 Å². The summed E-state index contributed by atoms with van der Waals surface area (Å²) in [6.45, 7) is 4.68. The molecule has 0 aromatic heterocycles. The predicted molar refractivity (Wildman–Crippen MR) is 102 cm³/mol. The van der Waals surface area contributed by atoms with Gasteiger partial charge in [-0.05, 0) is 64.6 Å². The van der Waals surface area contributed by atoms with Crippen molar-refractivity contribution in [2.24, 2.45) is 5.92 Å². The van der Waals surface area contributed by atoms with Gasteiger partial charge in [0, 0.05) is 0 Å². The minimum atomic E-state index is 0.865. The molecule has 0 fully saturated rings. The van der Waals surface area contributed by atoms with Crippen LogP contribution in [0.2, 0.25) is 0 Å². The lowest BCUT2D eigenvalue weighted by molar-refractivity contribution is 0.494. The van der Waals surface area contributed by atoms with E-state index >= 15 is 0 Å². The van der Waals surface area contributed by atoms with E-state index in [0.29, 0.717) is 0 Å². The molecule has 2 aromatic rings. The van der Waals surface area contributed by atoms with Crippen LogP contribution in [0.5, 0.6) is 0 Å². The maximum absolute atomic E-state index is 2.48. The van der Waals surface area contributed by atoms with Crippen LogP contribution in [0.15, 0.2) is 35.9 Å². The van der Waals surface area contributed by atoms with Gasteiger partial charge in [-0.25, -0.2) is 0 Å². The van der Waals surface area contributed by atoms with Crippen LogP contribution in [0.3, 0.4) is 0 Å². The van der Waals surface area contributed by atoms with E-state index in [0.717, 1.165) is 18.8 Å². The average Bonchev–Trinajstić information content (AvgIpc) is 2.59. The van der Waals surface area contributed by atoms with Crippen LogP contribution < -0.4 is 0 Å². The van der Waals surface area contributed by atoms with E-state index in [1.807, 2.05) is 0 Å². The van der Waals surface area contributed by atoms with Crippen molar-refractivity contribution in [3.8, 4) is 0 Å². The summed E-state index contributed by atoms with van der Waals surface area (Å²) in [6, 6.07) is 9.37. The molecule has 0 saturated carbocycles. The largest absolute Gasteiger partial charge is 0.0795 e. The molecular formula is C23H26. The molecule has 0 nitrogen and oxygen atoms in total. The van der Waals surface area contributed by atoms with Crippen molar-refractivity contribution in [3.63, 3.8) is 0 Å². The molecule has 2 aliphatic rings. The molecule has 0 radical (unpaired) electrons. The van der Waals surface area contributed by atoms with Crippen molar-refractivity contribution >= 4 is 22.9 Å². The van der Waals surface area contributed by atoms with Gasteiger partial charge >= 0.3 is 0 Å². The van der Waals surface area contributed by atoms with Gasteiger partial charge in [0.15, 0.2) is 0 Å². The number of hydrogen-bond donors (Lipinski definition) is 0. The molecule has 4 rings (SSSR count). The Morgan fingerprint density at radius 2 is 1.78 bits per heavy atom. The zero-order valence-electron chi connectivity index (χ0n) is 14.4. The van der Waals surface area contributed by atoms with Gasteiger partial charge in [-0.3, -0.25) is 0 Å². The Labute approximate surface area is 139 Å². The Hall–Kier alpha value is -1.82. The van der Waals surface area contributed by atoms with Gasteiger partial charge in [-0.2, -0.15) is 0 Å². The number of allylic oxidation sites excluding steroid dienone is 2. The maximum atomic E-state index is 2.48. The fraction of sp³-hybridized carbons (Fsp3) is 0.391. The highest BCUT2D eigenvalue weighted by Crippen LogP contribution is 2.38. The fourth-order valence-electron chi connectivity index (χ4n) is 4.14. The van der Waals surface area contributed by atoms with E-state index in [-0.39, 0.29) is 0 Å². The Morgan fingerprint density at radius 1 is 1.00 bits per heavy atom. The van der Waals surface area contributed by atoms with Crippen LogP contribution in [0.4, 0.5) is 0 Å². The van der Waals surface area contributed by atoms with E-state index in [4.69, 9.17) is 0 Å². The van der Waals surface area contributed by atoms with E-state index in [2.05, 4.69) is 56.3 Å². The zero-order chi connectivity index (χ0) is 15.8. The summed E-state index contributed by atoms with van der Waals surface area (Å²) in [5, 5.41) is 3.03. The molecule has 0 spiro atoms. The van der Waals surface area contributed by atoms with E-state index < -0.39 is 0 Å². The van der Waals surface area contributed by atoms with E-state index in [1.54, 1.807) is 5.57 Å². The number of hydrogen-bond acceptors (Lipinski definition) is 0. The van der Waals surface area contributed by atoms with Crippen molar-refractivity contribution < 1.29 is 0 Å². The summed E-state index contributed by atoms with van der Waals surface area (Å²) in [7, 11) is 0. The molecule has 2 aliphatic carbocycles. The Morgan fingerprint density at radius 3 is 2.65 bits per heavy atom. The van der Waals surface area contributed by atoms with Crippen LogP contribution in [0.25, 0.3) is 22.9 Å². The molecule has 0 N–H and O–H groups in total. The minimum absolute atomic E-state index is 0.865. The van der Waals surface area contributed by atoms with Gasteiger partial charge in [0.2, 0.25) is 0 Å². The summed E-state index contributed by atoms with van der Waals surface area (Å²) in [4.78, 5) is 0. The molecule has 0 aliphatic heterocycles. The molecule has 0 amide bonds. The SMILES string of the molecule is CCC(C)CCCC1=Cc2ccc3c4c(ccc(c24)C1)C=CC3. The predicted octanol–water partition coefficient (Wildman–Crippen LogP) is 6.57. The Balaban J connectivity index is 1.67. The van der Waals surface area contributed by atoms with Crippen molar-refractivity contribution in [2.75, 3.05) is 0 Å². The molecule has 118 valence electrons. The second-order valence-corrected chi connectivity index (χ2v) is 7.37. The summed E-state index contributed by atoms with van der Waals surface area (Å²) in [5.41, 5.74) is 7.50. The van der Waals surface area contributed by atoms with Crippen LogP contribution in [-0.4, -0.2) is 0 Å². The summed E-state index contributed by atoms with van der Waals surface area (Å²) >= 11 is 0. The first kappa shape index (κ1) is 14.8. The fourth-order valence-corrected chi connectivity index (χ4v) is 4.14. The maximum Gasteiger partial charge on any atom is -0.00574 e. The highest BCUT2D eigenvalue weighted by atomic mass is 14.2. The first-order chi connectivity index (χ1) is 11.3. The summed E-state index contributed by atoms with van der Waals surface area (Å²) < 4.78 is 0. The number of rotatable bonds is 5. The molecule has 0 bridgehead atoms. The lowest BCUT2D eigenvalue weighted by Crippen LogP contribution is -2.04. The van der Waals surface area contributed by atoms with Gasteiger partial charge in [0.05, 0.1) is 0 Å². The van der Waals surface area contributed by atoms with E-state index in [9.17, 15) is 0 Å².